The van der Waals surface area contributed by atoms with E-state index in [0.29, 0.717) is 18.0 Å². The molecule has 156 valence electrons. The molecule has 0 N–H and O–H groups in total. The highest BCUT2D eigenvalue weighted by molar-refractivity contribution is 6.06. The third kappa shape index (κ3) is 3.92. The second-order valence-electron chi connectivity index (χ2n) is 7.71. The number of benzene rings is 1. The monoisotopic (exact) mass is 408 g/mol. The van der Waals surface area contributed by atoms with Crippen LogP contribution in [0.5, 0.6) is 0 Å². The highest BCUT2D eigenvalue weighted by atomic mass is 16.5. The molecule has 2 fully saturated rings. The van der Waals surface area contributed by atoms with Gasteiger partial charge >= 0.3 is 11.9 Å². The highest BCUT2D eigenvalue weighted by Gasteiger charge is 2.57. The van der Waals surface area contributed by atoms with E-state index in [1.54, 1.807) is 24.8 Å². The van der Waals surface area contributed by atoms with E-state index in [4.69, 9.17) is 9.47 Å². The van der Waals surface area contributed by atoms with Crippen molar-refractivity contribution in [2.24, 2.45) is 5.92 Å². The quantitative estimate of drug-likeness (QED) is 0.683. The molecule has 1 aliphatic heterocycles. The molecule has 1 saturated carbocycles. The first-order chi connectivity index (χ1) is 14.5. The van der Waals surface area contributed by atoms with Gasteiger partial charge < -0.3 is 14.4 Å². The molecule has 0 unspecified atom stereocenters. The van der Waals surface area contributed by atoms with Crippen LogP contribution >= 0.6 is 0 Å². The highest BCUT2D eigenvalue weighted by Crippen LogP contribution is 2.48. The van der Waals surface area contributed by atoms with Crippen molar-refractivity contribution >= 4 is 17.8 Å². The van der Waals surface area contributed by atoms with E-state index < -0.39 is 18.0 Å². The number of carbonyl (C=O) groups is 3. The molecule has 0 bridgehead atoms. The molecule has 30 heavy (non-hydrogen) atoms. The molecule has 2 aliphatic rings. The Morgan fingerprint density at radius 3 is 2.60 bits per heavy atom. The molecule has 1 aromatic heterocycles. The average molecular weight is 408 g/mol. The summed E-state index contributed by atoms with van der Waals surface area (Å²) >= 11 is 0. The lowest BCUT2D eigenvalue weighted by Gasteiger charge is -2.27. The lowest BCUT2D eigenvalue weighted by molar-refractivity contribution is -0.150. The fraction of sp³-hybridized carbons (Fsp3) is 0.391. The van der Waals surface area contributed by atoms with Gasteiger partial charge in [-0.3, -0.25) is 9.78 Å². The number of ether oxygens (including phenoxy) is 2. The van der Waals surface area contributed by atoms with Crippen molar-refractivity contribution in [3.05, 3.63) is 65.0 Å². The van der Waals surface area contributed by atoms with Crippen LogP contribution in [0.4, 0.5) is 0 Å². The van der Waals surface area contributed by atoms with Crippen LogP contribution in [-0.4, -0.2) is 46.4 Å². The van der Waals surface area contributed by atoms with E-state index in [-0.39, 0.29) is 36.3 Å². The van der Waals surface area contributed by atoms with Crippen LogP contribution in [0, 0.1) is 12.8 Å². The van der Waals surface area contributed by atoms with Gasteiger partial charge in [-0.25, -0.2) is 9.59 Å². The summed E-state index contributed by atoms with van der Waals surface area (Å²) in [7, 11) is 0. The Balaban J connectivity index is 1.55. The Bertz CT molecular complexity index is 975. The summed E-state index contributed by atoms with van der Waals surface area (Å²) in [6.45, 7) is 3.81. The molecular weight excluding hydrogens is 384 g/mol. The number of aryl methyl sites for hydroxylation is 1. The first-order valence-electron chi connectivity index (χ1n) is 10.2. The lowest BCUT2D eigenvalue weighted by Crippen LogP contribution is -2.44. The SMILES string of the molecule is CCOC(=O)c1cnc(C)cc1C(=O)N1[C@@H](C(=O)OCc2ccccc2)C[C@H]2C[C@H]21. The van der Waals surface area contributed by atoms with Crippen molar-refractivity contribution in [1.29, 1.82) is 0 Å². The molecule has 7 nitrogen and oxygen atoms in total. The Hall–Kier alpha value is -3.22. The second kappa shape index (κ2) is 8.26. The van der Waals surface area contributed by atoms with E-state index in [1.807, 2.05) is 30.3 Å². The van der Waals surface area contributed by atoms with E-state index in [1.165, 1.54) is 6.20 Å². The molecule has 0 radical (unpaired) electrons. The first kappa shape index (κ1) is 20.1. The zero-order chi connectivity index (χ0) is 21.3. The number of likely N-dealkylation sites (tertiary alicyclic amines) is 1. The Morgan fingerprint density at radius 2 is 1.87 bits per heavy atom. The average Bonchev–Trinajstić information content (AvgIpc) is 3.42. The Morgan fingerprint density at radius 1 is 1.10 bits per heavy atom. The van der Waals surface area contributed by atoms with Crippen LogP contribution < -0.4 is 0 Å². The van der Waals surface area contributed by atoms with Crippen molar-refractivity contribution in [3.63, 3.8) is 0 Å². The second-order valence-corrected chi connectivity index (χ2v) is 7.71. The third-order valence-electron chi connectivity index (χ3n) is 5.60. The predicted molar refractivity (Wildman–Crippen MR) is 108 cm³/mol. The van der Waals surface area contributed by atoms with Gasteiger partial charge in [0.1, 0.15) is 12.6 Å². The van der Waals surface area contributed by atoms with Crippen LogP contribution in [0.15, 0.2) is 42.6 Å². The maximum atomic E-state index is 13.4. The molecule has 7 heteroatoms. The fourth-order valence-electron chi connectivity index (χ4n) is 4.03. The topological polar surface area (TPSA) is 85.8 Å². The van der Waals surface area contributed by atoms with Crippen molar-refractivity contribution < 1.29 is 23.9 Å². The van der Waals surface area contributed by atoms with Gasteiger partial charge in [-0.1, -0.05) is 30.3 Å². The summed E-state index contributed by atoms with van der Waals surface area (Å²) in [5.74, 6) is -1.06. The van der Waals surface area contributed by atoms with E-state index in [0.717, 1.165) is 12.0 Å². The van der Waals surface area contributed by atoms with E-state index in [9.17, 15) is 14.4 Å². The molecular formula is C23H24N2O5. The molecule has 1 aliphatic carbocycles. The number of fused-ring (bicyclic) bond motifs is 1. The van der Waals surface area contributed by atoms with Gasteiger partial charge in [0.2, 0.25) is 0 Å². The summed E-state index contributed by atoms with van der Waals surface area (Å²) < 4.78 is 10.6. The summed E-state index contributed by atoms with van der Waals surface area (Å²) in [4.78, 5) is 44.3. The molecule has 4 rings (SSSR count). The van der Waals surface area contributed by atoms with Gasteiger partial charge in [-0.05, 0) is 44.2 Å². The number of piperidine rings is 1. The number of rotatable bonds is 6. The van der Waals surface area contributed by atoms with Gasteiger partial charge in [-0.2, -0.15) is 0 Å². The number of hydrogen-bond donors (Lipinski definition) is 0. The van der Waals surface area contributed by atoms with Crippen LogP contribution in [-0.2, 0) is 20.9 Å². The normalized spacial score (nSPS) is 21.7. The maximum absolute atomic E-state index is 13.4. The number of pyridine rings is 1. The standard InChI is InChI=1S/C23H24N2O5/c1-3-29-22(27)18-12-24-14(2)9-17(18)21(26)25-19-10-16(19)11-20(25)23(28)30-13-15-7-5-4-6-8-15/h4-9,12,16,19-20H,3,10-11,13H2,1-2H3/t16-,19-,20-/m1/s1. The number of amides is 1. The summed E-state index contributed by atoms with van der Waals surface area (Å²) in [6.07, 6.45) is 2.82. The molecule has 1 amide bonds. The molecule has 2 heterocycles. The maximum Gasteiger partial charge on any atom is 0.340 e. The molecule has 3 atom stereocenters. The van der Waals surface area contributed by atoms with Crippen LogP contribution in [0.25, 0.3) is 0 Å². The molecule has 1 aromatic carbocycles. The number of hydrogen-bond acceptors (Lipinski definition) is 6. The van der Waals surface area contributed by atoms with Crippen molar-refractivity contribution in [2.45, 2.75) is 45.4 Å². The number of esters is 2. The van der Waals surface area contributed by atoms with E-state index in [2.05, 4.69) is 4.98 Å². The molecule has 0 spiro atoms. The van der Waals surface area contributed by atoms with Crippen molar-refractivity contribution in [1.82, 2.24) is 9.88 Å². The van der Waals surface area contributed by atoms with Gasteiger partial charge in [0.05, 0.1) is 17.7 Å². The lowest BCUT2D eigenvalue weighted by atomic mass is 10.1. The van der Waals surface area contributed by atoms with Gasteiger partial charge in [-0.15, -0.1) is 0 Å². The smallest absolute Gasteiger partial charge is 0.340 e. The minimum Gasteiger partial charge on any atom is -0.462 e. The van der Waals surface area contributed by atoms with E-state index >= 15 is 0 Å². The van der Waals surface area contributed by atoms with Crippen LogP contribution in [0.3, 0.4) is 0 Å². The molecule has 1 saturated heterocycles. The zero-order valence-electron chi connectivity index (χ0n) is 17.0. The van der Waals surface area contributed by atoms with Gasteiger partial charge in [0.15, 0.2) is 0 Å². The Kier molecular flexibility index (Phi) is 5.53. The number of nitrogens with zero attached hydrogens (tertiary/aromatic N) is 2. The minimum absolute atomic E-state index is 0.00953. The molecule has 2 aromatic rings. The largest absolute Gasteiger partial charge is 0.462 e. The van der Waals surface area contributed by atoms with Crippen LogP contribution in [0.1, 0.15) is 51.7 Å². The van der Waals surface area contributed by atoms with Crippen molar-refractivity contribution in [3.8, 4) is 0 Å². The summed E-state index contributed by atoms with van der Waals surface area (Å²) in [5, 5.41) is 0. The van der Waals surface area contributed by atoms with Gasteiger partial charge in [0, 0.05) is 17.9 Å². The fourth-order valence-corrected chi connectivity index (χ4v) is 4.03. The third-order valence-corrected chi connectivity index (χ3v) is 5.60. The van der Waals surface area contributed by atoms with Crippen molar-refractivity contribution in [2.75, 3.05) is 6.61 Å². The first-order valence-corrected chi connectivity index (χ1v) is 10.2. The number of aromatic nitrogens is 1. The predicted octanol–water partition coefficient (Wildman–Crippen LogP) is 2.91. The summed E-state index contributed by atoms with van der Waals surface area (Å²) in [6, 6.07) is 10.4. The van der Waals surface area contributed by atoms with Gasteiger partial charge in [0.25, 0.3) is 5.91 Å². The zero-order valence-corrected chi connectivity index (χ0v) is 17.0. The van der Waals surface area contributed by atoms with Crippen LogP contribution in [0.2, 0.25) is 0 Å². The summed E-state index contributed by atoms with van der Waals surface area (Å²) in [5.41, 5.74) is 1.84. The Labute approximate surface area is 175 Å². The minimum atomic E-state index is -0.645. The number of carbonyl (C=O) groups excluding carboxylic acids is 3.